The van der Waals surface area contributed by atoms with Crippen LogP contribution in [0.4, 0.5) is 0 Å². The molecule has 0 saturated heterocycles. The summed E-state index contributed by atoms with van der Waals surface area (Å²) in [5, 5.41) is 3.23. The van der Waals surface area contributed by atoms with Gasteiger partial charge in [-0.25, -0.2) is 0 Å². The van der Waals surface area contributed by atoms with Gasteiger partial charge in [-0.2, -0.15) is 0 Å². The number of nitrogens with two attached hydrogens (primary N) is 1. The van der Waals surface area contributed by atoms with E-state index in [1.807, 2.05) is 42.2 Å². The number of nitrogens with one attached hydrogen (secondary N) is 1. The topological polar surface area (TPSA) is 77.1 Å². The molecule has 2 aliphatic heterocycles. The summed E-state index contributed by atoms with van der Waals surface area (Å²) in [4.78, 5) is 25.5. The lowest BCUT2D eigenvalue weighted by Gasteiger charge is -2.11. The SMILES string of the molecule is NC1=C(c2cn(CCCC3CSc4ccccc43)c3ccccc23)C(=O)NC1=O. The molecule has 2 aromatic carbocycles. The second kappa shape index (κ2) is 7.12. The smallest absolute Gasteiger partial charge is 0.274 e. The van der Waals surface area contributed by atoms with E-state index in [0.717, 1.165) is 41.6 Å². The zero-order chi connectivity index (χ0) is 20.0. The maximum absolute atomic E-state index is 12.3. The number of hydrogen-bond acceptors (Lipinski definition) is 4. The minimum absolute atomic E-state index is 0.00232. The monoisotopic (exact) mass is 403 g/mol. The largest absolute Gasteiger partial charge is 0.394 e. The first-order chi connectivity index (χ1) is 14.1. The molecule has 1 unspecified atom stereocenters. The number of para-hydroxylation sites is 1. The average molecular weight is 404 g/mol. The fourth-order valence-electron chi connectivity index (χ4n) is 4.34. The van der Waals surface area contributed by atoms with Crippen molar-refractivity contribution in [2.75, 3.05) is 5.75 Å². The highest BCUT2D eigenvalue weighted by molar-refractivity contribution is 7.99. The van der Waals surface area contributed by atoms with Crippen molar-refractivity contribution in [3.05, 3.63) is 71.6 Å². The van der Waals surface area contributed by atoms with Gasteiger partial charge in [0.15, 0.2) is 0 Å². The minimum atomic E-state index is -0.515. The van der Waals surface area contributed by atoms with Gasteiger partial charge in [-0.1, -0.05) is 36.4 Å². The number of aryl methyl sites for hydroxylation is 1. The van der Waals surface area contributed by atoms with Crippen molar-refractivity contribution in [2.45, 2.75) is 30.2 Å². The van der Waals surface area contributed by atoms with E-state index in [0.29, 0.717) is 5.92 Å². The normalized spacial score (nSPS) is 18.6. The molecule has 146 valence electrons. The molecule has 2 aliphatic rings. The van der Waals surface area contributed by atoms with Crippen molar-refractivity contribution in [1.29, 1.82) is 0 Å². The van der Waals surface area contributed by atoms with Gasteiger partial charge in [0.25, 0.3) is 11.8 Å². The van der Waals surface area contributed by atoms with Gasteiger partial charge in [0, 0.05) is 39.9 Å². The summed E-state index contributed by atoms with van der Waals surface area (Å²) >= 11 is 1.94. The molecule has 0 aliphatic carbocycles. The molecule has 0 radical (unpaired) electrons. The van der Waals surface area contributed by atoms with E-state index >= 15 is 0 Å². The molecule has 29 heavy (non-hydrogen) atoms. The third-order valence-electron chi connectivity index (χ3n) is 5.78. The van der Waals surface area contributed by atoms with Crippen LogP contribution in [-0.4, -0.2) is 22.1 Å². The Hall–Kier alpha value is -2.99. The first kappa shape index (κ1) is 18.1. The lowest BCUT2D eigenvalue weighted by Crippen LogP contribution is -2.24. The molecule has 0 spiro atoms. The van der Waals surface area contributed by atoms with Crippen LogP contribution in [0.15, 0.2) is 65.3 Å². The molecule has 5 nitrogen and oxygen atoms in total. The lowest BCUT2D eigenvalue weighted by atomic mass is 9.96. The Kier molecular flexibility index (Phi) is 4.43. The summed E-state index contributed by atoms with van der Waals surface area (Å²) in [7, 11) is 0. The second-order valence-electron chi connectivity index (χ2n) is 7.51. The van der Waals surface area contributed by atoms with Gasteiger partial charge in [0.2, 0.25) is 0 Å². The summed E-state index contributed by atoms with van der Waals surface area (Å²) in [6, 6.07) is 16.6. The van der Waals surface area contributed by atoms with Crippen LogP contribution in [0.3, 0.4) is 0 Å². The van der Waals surface area contributed by atoms with Gasteiger partial charge in [-0.15, -0.1) is 11.8 Å². The molecule has 3 aromatic rings. The standard InChI is InChI=1S/C23H21N3O2S/c24-21-20(22(27)25-23(21)28)17-12-26(18-9-3-1-8-16(17)18)11-5-6-14-13-29-19-10-4-2-7-15(14)19/h1-4,7-10,12,14H,5-6,11,13H2,(H3,24,25,27,28). The van der Waals surface area contributed by atoms with Crippen LogP contribution in [0.2, 0.25) is 0 Å². The molecule has 5 rings (SSSR count). The lowest BCUT2D eigenvalue weighted by molar-refractivity contribution is -0.123. The van der Waals surface area contributed by atoms with Gasteiger partial charge < -0.3 is 10.3 Å². The van der Waals surface area contributed by atoms with E-state index in [-0.39, 0.29) is 11.3 Å². The Morgan fingerprint density at radius 1 is 1.07 bits per heavy atom. The van der Waals surface area contributed by atoms with Gasteiger partial charge in [0.05, 0.1) is 5.57 Å². The second-order valence-corrected chi connectivity index (χ2v) is 8.58. The molecule has 6 heteroatoms. The Morgan fingerprint density at radius 2 is 1.86 bits per heavy atom. The number of carbonyl (C=O) groups excluding carboxylic acids is 2. The highest BCUT2D eigenvalue weighted by Crippen LogP contribution is 2.41. The van der Waals surface area contributed by atoms with Crippen molar-refractivity contribution in [3.63, 3.8) is 0 Å². The Bertz CT molecular complexity index is 1180. The van der Waals surface area contributed by atoms with Crippen LogP contribution in [0, 0.1) is 0 Å². The predicted molar refractivity (Wildman–Crippen MR) is 115 cm³/mol. The van der Waals surface area contributed by atoms with Crippen LogP contribution in [-0.2, 0) is 16.1 Å². The van der Waals surface area contributed by atoms with E-state index in [1.165, 1.54) is 10.5 Å². The number of benzene rings is 2. The third-order valence-corrected chi connectivity index (χ3v) is 7.03. The van der Waals surface area contributed by atoms with E-state index in [9.17, 15) is 9.59 Å². The summed E-state index contributed by atoms with van der Waals surface area (Å²) in [5.74, 6) is 0.797. The van der Waals surface area contributed by atoms with Gasteiger partial charge in [-0.05, 0) is 36.5 Å². The van der Waals surface area contributed by atoms with Gasteiger partial charge in [0.1, 0.15) is 5.70 Å². The molecule has 0 saturated carbocycles. The highest BCUT2D eigenvalue weighted by Gasteiger charge is 2.31. The fraction of sp³-hybridized carbons (Fsp3) is 0.217. The van der Waals surface area contributed by atoms with Crippen LogP contribution in [0.1, 0.15) is 29.9 Å². The van der Waals surface area contributed by atoms with Crippen molar-refractivity contribution < 1.29 is 9.59 Å². The maximum atomic E-state index is 12.3. The molecular formula is C23H21N3O2S. The Labute approximate surface area is 173 Å². The van der Waals surface area contributed by atoms with Crippen molar-refractivity contribution >= 4 is 40.1 Å². The third kappa shape index (κ3) is 3.04. The summed E-state index contributed by atoms with van der Waals surface area (Å²) < 4.78 is 2.18. The van der Waals surface area contributed by atoms with Gasteiger partial charge in [-0.3, -0.25) is 14.9 Å². The predicted octanol–water partition coefficient (Wildman–Crippen LogP) is 3.64. The molecule has 3 heterocycles. The van der Waals surface area contributed by atoms with Crippen LogP contribution < -0.4 is 11.1 Å². The molecule has 3 N–H and O–H groups in total. The van der Waals surface area contributed by atoms with Crippen LogP contribution >= 0.6 is 11.8 Å². The maximum Gasteiger partial charge on any atom is 0.274 e. The Balaban J connectivity index is 1.41. The molecule has 1 aromatic heterocycles. The molecular weight excluding hydrogens is 382 g/mol. The number of thioether (sulfide) groups is 1. The first-order valence-electron chi connectivity index (χ1n) is 9.79. The zero-order valence-electron chi connectivity index (χ0n) is 15.9. The number of hydrogen-bond donors (Lipinski definition) is 2. The average Bonchev–Trinajstić information content (AvgIpc) is 3.37. The van der Waals surface area contributed by atoms with Crippen LogP contribution in [0.25, 0.3) is 16.5 Å². The zero-order valence-corrected chi connectivity index (χ0v) is 16.7. The number of nitrogens with zero attached hydrogens (tertiary/aromatic N) is 1. The number of carbonyl (C=O) groups is 2. The molecule has 0 bridgehead atoms. The van der Waals surface area contributed by atoms with Crippen molar-refractivity contribution in [2.24, 2.45) is 5.73 Å². The summed E-state index contributed by atoms with van der Waals surface area (Å²) in [6.45, 7) is 0.854. The number of imide groups is 1. The highest BCUT2D eigenvalue weighted by atomic mass is 32.2. The summed E-state index contributed by atoms with van der Waals surface area (Å²) in [5.41, 5.74) is 9.43. The van der Waals surface area contributed by atoms with Crippen LogP contribution in [0.5, 0.6) is 0 Å². The van der Waals surface area contributed by atoms with E-state index in [2.05, 4.69) is 34.1 Å². The van der Waals surface area contributed by atoms with Crippen molar-refractivity contribution in [3.8, 4) is 0 Å². The van der Waals surface area contributed by atoms with E-state index in [1.54, 1.807) is 0 Å². The Morgan fingerprint density at radius 3 is 2.69 bits per heavy atom. The number of aromatic nitrogens is 1. The summed E-state index contributed by atoms with van der Waals surface area (Å²) in [6.07, 6.45) is 4.12. The number of amides is 2. The molecule has 0 fully saturated rings. The number of fused-ring (bicyclic) bond motifs is 2. The molecule has 1 atom stereocenters. The quantitative estimate of drug-likeness (QED) is 0.638. The van der Waals surface area contributed by atoms with E-state index in [4.69, 9.17) is 5.73 Å². The first-order valence-corrected chi connectivity index (χ1v) is 10.8. The van der Waals surface area contributed by atoms with E-state index < -0.39 is 11.8 Å². The molecule has 2 amide bonds. The minimum Gasteiger partial charge on any atom is -0.394 e. The number of rotatable bonds is 5. The van der Waals surface area contributed by atoms with Crippen molar-refractivity contribution in [1.82, 2.24) is 9.88 Å². The fourth-order valence-corrected chi connectivity index (χ4v) is 5.65. The van der Waals surface area contributed by atoms with Gasteiger partial charge >= 0.3 is 0 Å².